The average Bonchev–Trinajstić information content (AvgIpc) is 2.37. The van der Waals surface area contributed by atoms with Crippen molar-refractivity contribution in [3.05, 3.63) is 0 Å². The molecule has 0 unspecified atom stereocenters. The van der Waals surface area contributed by atoms with Gasteiger partial charge in [-0.2, -0.15) is 0 Å². The van der Waals surface area contributed by atoms with Crippen LogP contribution in [0.3, 0.4) is 0 Å². The van der Waals surface area contributed by atoms with Crippen LogP contribution in [-0.2, 0) is 19.2 Å². The summed E-state index contributed by atoms with van der Waals surface area (Å²) in [7, 11) is 0. The number of hydrogen-bond acceptors (Lipinski definition) is 8. The second-order valence-electron chi connectivity index (χ2n) is 3.29. The molecule has 0 saturated carbocycles. The van der Waals surface area contributed by atoms with Gasteiger partial charge in [-0.25, -0.2) is 0 Å². The monoisotopic (exact) mass is 356 g/mol. The van der Waals surface area contributed by atoms with E-state index in [-0.39, 0.29) is 46.6 Å². The summed E-state index contributed by atoms with van der Waals surface area (Å²) < 4.78 is 9.67. The zero-order chi connectivity index (χ0) is 14.8. The van der Waals surface area contributed by atoms with Crippen molar-refractivity contribution < 1.29 is 19.2 Å². The second-order valence-corrected chi connectivity index (χ2v) is 6.49. The van der Waals surface area contributed by atoms with Gasteiger partial charge in [0.2, 0.25) is 23.6 Å². The minimum Gasteiger partial charge on any atom is -0.282 e. The molecular formula is C8H12N4O4S4. The molecule has 0 radical (unpaired) electrons. The molecule has 1 rings (SSSR count). The van der Waals surface area contributed by atoms with E-state index >= 15 is 0 Å². The van der Waals surface area contributed by atoms with Crippen molar-refractivity contribution in [2.24, 2.45) is 0 Å². The number of hydrogen-bond donors (Lipinski definition) is 4. The van der Waals surface area contributed by atoms with Crippen molar-refractivity contribution in [3.63, 3.8) is 0 Å². The third kappa shape index (κ3) is 8.45. The summed E-state index contributed by atoms with van der Waals surface area (Å²) in [5, 5.41) is 0. The number of carbonyl (C=O) groups is 4. The first-order chi connectivity index (χ1) is 9.58. The van der Waals surface area contributed by atoms with E-state index in [1.165, 1.54) is 0 Å². The molecule has 0 aromatic rings. The third-order valence-electron chi connectivity index (χ3n) is 1.59. The summed E-state index contributed by atoms with van der Waals surface area (Å²) in [6, 6.07) is 0. The van der Waals surface area contributed by atoms with Gasteiger partial charge in [0.1, 0.15) is 0 Å². The van der Waals surface area contributed by atoms with Crippen LogP contribution in [0.2, 0.25) is 0 Å². The summed E-state index contributed by atoms with van der Waals surface area (Å²) in [4.78, 5) is 45.3. The van der Waals surface area contributed by atoms with Crippen molar-refractivity contribution in [1.82, 2.24) is 18.9 Å². The van der Waals surface area contributed by atoms with Crippen LogP contribution in [0.1, 0.15) is 0 Å². The van der Waals surface area contributed by atoms with Crippen molar-refractivity contribution in [3.8, 4) is 0 Å². The Kier molecular flexibility index (Phi) is 8.73. The predicted molar refractivity (Wildman–Crippen MR) is 82.4 cm³/mol. The minimum absolute atomic E-state index is 0.0993. The summed E-state index contributed by atoms with van der Waals surface area (Å²) in [6.07, 6.45) is 0. The highest BCUT2D eigenvalue weighted by atomic mass is 32.2. The van der Waals surface area contributed by atoms with E-state index in [1.807, 2.05) is 0 Å². The minimum atomic E-state index is -0.297. The molecule has 0 aliphatic carbocycles. The summed E-state index contributed by atoms with van der Waals surface area (Å²) in [5.41, 5.74) is 0. The fraction of sp³-hybridized carbons (Fsp3) is 0.500. The predicted octanol–water partition coefficient (Wildman–Crippen LogP) is -0.942. The average molecular weight is 356 g/mol. The lowest BCUT2D eigenvalue weighted by atomic mass is 10.7. The number of thioether (sulfide) groups is 2. The molecule has 0 atom stereocenters. The lowest BCUT2D eigenvalue weighted by Crippen LogP contribution is -2.30. The van der Waals surface area contributed by atoms with E-state index in [4.69, 9.17) is 0 Å². The van der Waals surface area contributed by atoms with Crippen LogP contribution in [0.4, 0.5) is 0 Å². The molecule has 12 heteroatoms. The highest BCUT2D eigenvalue weighted by Gasteiger charge is 2.10. The molecule has 0 aromatic heterocycles. The molecule has 0 aromatic carbocycles. The number of amides is 4. The quantitative estimate of drug-likeness (QED) is 0.411. The van der Waals surface area contributed by atoms with Crippen molar-refractivity contribution in [2.75, 3.05) is 23.0 Å². The largest absolute Gasteiger partial charge is 0.282 e. The SMILES string of the molecule is O=C1CSCC(=O)NSNC(=O)CSCC(=O)NSN1. The number of nitrogens with one attached hydrogen (secondary N) is 4. The molecule has 1 fully saturated rings. The number of carbonyl (C=O) groups excluding carboxylic acids is 4. The zero-order valence-electron chi connectivity index (χ0n) is 10.1. The van der Waals surface area contributed by atoms with Crippen LogP contribution in [-0.4, -0.2) is 46.6 Å². The zero-order valence-corrected chi connectivity index (χ0v) is 13.4. The summed E-state index contributed by atoms with van der Waals surface area (Å²) >= 11 is 3.80. The fourth-order valence-corrected chi connectivity index (χ4v) is 3.32. The molecule has 1 aliphatic heterocycles. The van der Waals surface area contributed by atoms with Gasteiger partial charge < -0.3 is 0 Å². The van der Waals surface area contributed by atoms with Gasteiger partial charge in [-0.1, -0.05) is 0 Å². The lowest BCUT2D eigenvalue weighted by molar-refractivity contribution is -0.117. The van der Waals surface area contributed by atoms with Gasteiger partial charge in [0.05, 0.1) is 47.3 Å². The van der Waals surface area contributed by atoms with Crippen LogP contribution in [0.25, 0.3) is 0 Å². The lowest BCUT2D eigenvalue weighted by Gasteiger charge is -2.08. The number of rotatable bonds is 0. The van der Waals surface area contributed by atoms with E-state index in [2.05, 4.69) is 18.9 Å². The van der Waals surface area contributed by atoms with Crippen molar-refractivity contribution in [1.29, 1.82) is 0 Å². The molecule has 112 valence electrons. The van der Waals surface area contributed by atoms with E-state index in [9.17, 15) is 19.2 Å². The first kappa shape index (κ1) is 17.3. The normalized spacial score (nSPS) is 20.4. The first-order valence-corrected chi connectivity index (χ1v) is 9.14. The molecule has 1 heterocycles. The Morgan fingerprint density at radius 1 is 0.550 bits per heavy atom. The topological polar surface area (TPSA) is 116 Å². The van der Waals surface area contributed by atoms with Gasteiger partial charge >= 0.3 is 0 Å². The maximum atomic E-state index is 11.3. The van der Waals surface area contributed by atoms with Crippen molar-refractivity contribution >= 4 is 71.4 Å². The maximum absolute atomic E-state index is 11.3. The van der Waals surface area contributed by atoms with Crippen LogP contribution in [0.15, 0.2) is 0 Å². The molecule has 0 bridgehead atoms. The van der Waals surface area contributed by atoms with Gasteiger partial charge in [-0.05, 0) is 0 Å². The second kappa shape index (κ2) is 10.1. The van der Waals surface area contributed by atoms with Crippen LogP contribution in [0.5, 0.6) is 0 Å². The highest BCUT2D eigenvalue weighted by Crippen LogP contribution is 2.04. The van der Waals surface area contributed by atoms with Crippen molar-refractivity contribution in [2.45, 2.75) is 0 Å². The Morgan fingerprint density at radius 2 is 0.800 bits per heavy atom. The van der Waals surface area contributed by atoms with E-state index in [0.717, 1.165) is 47.8 Å². The van der Waals surface area contributed by atoms with E-state index in [1.54, 1.807) is 0 Å². The Balaban J connectivity index is 2.41. The molecule has 1 aliphatic rings. The fourth-order valence-electron chi connectivity index (χ4n) is 0.869. The Bertz CT molecular complexity index is 299. The molecular weight excluding hydrogens is 344 g/mol. The Morgan fingerprint density at radius 3 is 1.05 bits per heavy atom. The van der Waals surface area contributed by atoms with Crippen LogP contribution < -0.4 is 18.9 Å². The molecule has 8 nitrogen and oxygen atoms in total. The van der Waals surface area contributed by atoms with Gasteiger partial charge in [-0.15, -0.1) is 23.5 Å². The Hall–Kier alpha value is -0.720. The first-order valence-electron chi connectivity index (χ1n) is 5.20. The van der Waals surface area contributed by atoms with Gasteiger partial charge in [0.15, 0.2) is 0 Å². The maximum Gasteiger partial charge on any atom is 0.241 e. The molecule has 4 amide bonds. The standard InChI is InChI=1S/C8H12N4O4S4/c13-5-1-17-2-6(14)10-20-12-8(16)4-18-3-7(15)11-19-9-5/h1-4H2,(H,9,13)(H,10,14)(H,11,15)(H,12,16). The highest BCUT2D eigenvalue weighted by molar-refractivity contribution is 8.02. The third-order valence-corrected chi connectivity index (χ3v) is 4.78. The summed E-state index contributed by atoms with van der Waals surface area (Å²) in [6.45, 7) is 0. The van der Waals surface area contributed by atoms with Gasteiger partial charge in [0.25, 0.3) is 0 Å². The molecule has 20 heavy (non-hydrogen) atoms. The molecule has 0 spiro atoms. The van der Waals surface area contributed by atoms with E-state index < -0.39 is 0 Å². The smallest absolute Gasteiger partial charge is 0.241 e. The molecule has 4 N–H and O–H groups in total. The van der Waals surface area contributed by atoms with Crippen LogP contribution >= 0.6 is 47.8 Å². The van der Waals surface area contributed by atoms with E-state index in [0.29, 0.717) is 0 Å². The molecule has 1 saturated heterocycles. The van der Waals surface area contributed by atoms with Gasteiger partial charge in [0, 0.05) is 0 Å². The van der Waals surface area contributed by atoms with Crippen LogP contribution in [0, 0.1) is 0 Å². The summed E-state index contributed by atoms with van der Waals surface area (Å²) in [5.74, 6) is -0.793. The van der Waals surface area contributed by atoms with Gasteiger partial charge in [-0.3, -0.25) is 38.1 Å². The Labute approximate surface area is 132 Å².